The highest BCUT2D eigenvalue weighted by molar-refractivity contribution is 5.22. The summed E-state index contributed by atoms with van der Waals surface area (Å²) in [4.78, 5) is 2.48. The largest absolute Gasteiger partial charge is 0.316 e. The molecule has 1 fully saturated rings. The standard InChI is InChI=1S/C19H32N2/c1-16(2)13-20-12-11-17-7-9-19(10-8-17)15-21(3)14-18-5-4-6-18/h7-10,16,18,20H,4-6,11-15H2,1-3H3. The quantitative estimate of drug-likeness (QED) is 0.697. The van der Waals surface area contributed by atoms with E-state index in [0.717, 1.165) is 37.9 Å². The Kier molecular flexibility index (Phi) is 6.72. The highest BCUT2D eigenvalue weighted by atomic mass is 15.1. The van der Waals surface area contributed by atoms with Crippen LogP contribution in [0, 0.1) is 11.8 Å². The van der Waals surface area contributed by atoms with Gasteiger partial charge in [-0.05, 0) is 62.4 Å². The number of nitrogens with zero attached hydrogens (tertiary/aromatic N) is 1. The smallest absolute Gasteiger partial charge is 0.0230 e. The van der Waals surface area contributed by atoms with Crippen molar-refractivity contribution in [2.24, 2.45) is 11.8 Å². The maximum Gasteiger partial charge on any atom is 0.0230 e. The van der Waals surface area contributed by atoms with Gasteiger partial charge in [-0.15, -0.1) is 0 Å². The second-order valence-corrected chi connectivity index (χ2v) is 7.16. The van der Waals surface area contributed by atoms with E-state index >= 15 is 0 Å². The van der Waals surface area contributed by atoms with Crippen LogP contribution in [0.15, 0.2) is 24.3 Å². The summed E-state index contributed by atoms with van der Waals surface area (Å²) in [6.45, 7) is 9.05. The van der Waals surface area contributed by atoms with Crippen molar-refractivity contribution in [3.05, 3.63) is 35.4 Å². The second-order valence-electron chi connectivity index (χ2n) is 7.16. The summed E-state index contributed by atoms with van der Waals surface area (Å²) in [7, 11) is 2.25. The summed E-state index contributed by atoms with van der Waals surface area (Å²) in [5.74, 6) is 1.69. The van der Waals surface area contributed by atoms with Gasteiger partial charge in [-0.2, -0.15) is 0 Å². The molecule has 2 nitrogen and oxygen atoms in total. The zero-order chi connectivity index (χ0) is 15.1. The van der Waals surface area contributed by atoms with Gasteiger partial charge in [-0.1, -0.05) is 44.5 Å². The zero-order valence-corrected chi connectivity index (χ0v) is 14.1. The number of hydrogen-bond donors (Lipinski definition) is 1. The molecule has 0 aromatic heterocycles. The molecule has 1 aliphatic rings. The average molecular weight is 288 g/mol. The van der Waals surface area contributed by atoms with Gasteiger partial charge in [0.1, 0.15) is 0 Å². The van der Waals surface area contributed by atoms with Crippen LogP contribution in [0.25, 0.3) is 0 Å². The van der Waals surface area contributed by atoms with E-state index in [1.807, 2.05) is 0 Å². The number of rotatable bonds is 9. The minimum Gasteiger partial charge on any atom is -0.316 e. The van der Waals surface area contributed by atoms with E-state index in [-0.39, 0.29) is 0 Å². The molecule has 0 spiro atoms. The lowest BCUT2D eigenvalue weighted by Crippen LogP contribution is -2.29. The van der Waals surface area contributed by atoms with Crippen LogP contribution in [-0.4, -0.2) is 31.6 Å². The summed E-state index contributed by atoms with van der Waals surface area (Å²) in [5.41, 5.74) is 2.88. The van der Waals surface area contributed by atoms with Crippen LogP contribution in [0.2, 0.25) is 0 Å². The number of nitrogens with one attached hydrogen (secondary N) is 1. The van der Waals surface area contributed by atoms with Gasteiger partial charge in [0.2, 0.25) is 0 Å². The molecule has 0 bridgehead atoms. The third-order valence-corrected chi connectivity index (χ3v) is 4.41. The van der Waals surface area contributed by atoms with Gasteiger partial charge >= 0.3 is 0 Å². The van der Waals surface area contributed by atoms with Crippen LogP contribution in [0.5, 0.6) is 0 Å². The topological polar surface area (TPSA) is 15.3 Å². The van der Waals surface area contributed by atoms with Crippen LogP contribution < -0.4 is 5.32 Å². The minimum absolute atomic E-state index is 0.735. The van der Waals surface area contributed by atoms with Crippen LogP contribution in [-0.2, 0) is 13.0 Å². The highest BCUT2D eigenvalue weighted by Gasteiger charge is 2.18. The van der Waals surface area contributed by atoms with Gasteiger partial charge in [-0.25, -0.2) is 0 Å². The van der Waals surface area contributed by atoms with Crippen LogP contribution in [0.1, 0.15) is 44.2 Å². The fourth-order valence-corrected chi connectivity index (χ4v) is 2.93. The van der Waals surface area contributed by atoms with Gasteiger partial charge in [-0.3, -0.25) is 0 Å². The highest BCUT2D eigenvalue weighted by Crippen LogP contribution is 2.27. The molecule has 21 heavy (non-hydrogen) atoms. The zero-order valence-electron chi connectivity index (χ0n) is 14.1. The summed E-state index contributed by atoms with van der Waals surface area (Å²) in [5, 5.41) is 3.51. The Balaban J connectivity index is 1.68. The van der Waals surface area contributed by atoms with Crippen molar-refractivity contribution < 1.29 is 0 Å². The maximum atomic E-state index is 3.51. The van der Waals surface area contributed by atoms with E-state index in [0.29, 0.717) is 0 Å². The first-order valence-electron chi connectivity index (χ1n) is 8.60. The van der Waals surface area contributed by atoms with Crippen LogP contribution in [0.3, 0.4) is 0 Å². The predicted molar refractivity (Wildman–Crippen MR) is 91.5 cm³/mol. The fraction of sp³-hybridized carbons (Fsp3) is 0.684. The molecule has 2 rings (SSSR count). The molecule has 1 saturated carbocycles. The lowest BCUT2D eigenvalue weighted by atomic mass is 9.85. The Morgan fingerprint density at radius 3 is 2.38 bits per heavy atom. The molecule has 118 valence electrons. The first-order valence-corrected chi connectivity index (χ1v) is 8.60. The van der Waals surface area contributed by atoms with E-state index < -0.39 is 0 Å². The molecule has 1 aromatic rings. The monoisotopic (exact) mass is 288 g/mol. The maximum absolute atomic E-state index is 3.51. The van der Waals surface area contributed by atoms with Crippen LogP contribution in [0.4, 0.5) is 0 Å². The molecule has 0 aliphatic heterocycles. The normalized spacial score (nSPS) is 15.7. The molecule has 1 aliphatic carbocycles. The first-order chi connectivity index (χ1) is 10.1. The minimum atomic E-state index is 0.735. The second kappa shape index (κ2) is 8.55. The molecule has 0 heterocycles. The van der Waals surface area contributed by atoms with Crippen molar-refractivity contribution in [1.29, 1.82) is 0 Å². The lowest BCUT2D eigenvalue weighted by molar-refractivity contribution is 0.200. The van der Waals surface area contributed by atoms with Crippen molar-refractivity contribution in [2.45, 2.75) is 46.1 Å². The van der Waals surface area contributed by atoms with Gasteiger partial charge in [0.05, 0.1) is 0 Å². The van der Waals surface area contributed by atoms with E-state index in [2.05, 4.69) is 55.4 Å². The van der Waals surface area contributed by atoms with Gasteiger partial charge in [0.25, 0.3) is 0 Å². The first kappa shape index (κ1) is 16.5. The molecule has 0 unspecified atom stereocenters. The number of hydrogen-bond acceptors (Lipinski definition) is 2. The summed E-state index contributed by atoms with van der Waals surface area (Å²) in [6, 6.07) is 9.19. The average Bonchev–Trinajstić information content (AvgIpc) is 2.41. The Morgan fingerprint density at radius 1 is 1.14 bits per heavy atom. The van der Waals surface area contributed by atoms with E-state index in [1.54, 1.807) is 0 Å². The Labute approximate surface area is 130 Å². The molecular weight excluding hydrogens is 256 g/mol. The van der Waals surface area contributed by atoms with E-state index in [4.69, 9.17) is 0 Å². The molecule has 1 aromatic carbocycles. The molecule has 0 radical (unpaired) electrons. The van der Waals surface area contributed by atoms with E-state index in [9.17, 15) is 0 Å². The van der Waals surface area contributed by atoms with Gasteiger partial charge < -0.3 is 10.2 Å². The third-order valence-electron chi connectivity index (χ3n) is 4.41. The van der Waals surface area contributed by atoms with Crippen molar-refractivity contribution in [2.75, 3.05) is 26.7 Å². The Bertz CT molecular complexity index is 393. The van der Waals surface area contributed by atoms with Gasteiger partial charge in [0.15, 0.2) is 0 Å². The fourth-order valence-electron chi connectivity index (χ4n) is 2.93. The SMILES string of the molecule is CC(C)CNCCc1ccc(CN(C)CC2CCC2)cc1. The molecular formula is C19H32N2. The van der Waals surface area contributed by atoms with Crippen molar-refractivity contribution in [3.8, 4) is 0 Å². The molecule has 1 N–H and O–H groups in total. The van der Waals surface area contributed by atoms with Crippen LogP contribution >= 0.6 is 0 Å². The summed E-state index contributed by atoms with van der Waals surface area (Å²) < 4.78 is 0. The Morgan fingerprint density at radius 2 is 1.81 bits per heavy atom. The van der Waals surface area contributed by atoms with Crippen molar-refractivity contribution in [3.63, 3.8) is 0 Å². The Hall–Kier alpha value is -0.860. The molecule has 0 saturated heterocycles. The van der Waals surface area contributed by atoms with E-state index in [1.165, 1.54) is 36.9 Å². The molecule has 0 amide bonds. The number of benzene rings is 1. The van der Waals surface area contributed by atoms with Crippen molar-refractivity contribution in [1.82, 2.24) is 10.2 Å². The summed E-state index contributed by atoms with van der Waals surface area (Å²) in [6.07, 6.45) is 5.45. The molecule has 0 atom stereocenters. The predicted octanol–water partition coefficient (Wildman–Crippen LogP) is 3.71. The van der Waals surface area contributed by atoms with Crippen molar-refractivity contribution >= 4 is 0 Å². The summed E-state index contributed by atoms with van der Waals surface area (Å²) >= 11 is 0. The molecule has 2 heteroatoms. The third kappa shape index (κ3) is 6.19. The van der Waals surface area contributed by atoms with Gasteiger partial charge in [0, 0.05) is 13.1 Å². The lowest BCUT2D eigenvalue weighted by Gasteiger charge is -2.30.